The highest BCUT2D eigenvalue weighted by Crippen LogP contribution is 2.50. The number of carbonyl (C=O) groups is 2. The number of methoxy groups -OCH3 is 4. The molecule has 4 aliphatic rings. The summed E-state index contributed by atoms with van der Waals surface area (Å²) in [5.74, 6) is 2.80. The maximum absolute atomic E-state index is 15.6. The Morgan fingerprint density at radius 2 is 1.45 bits per heavy atom. The summed E-state index contributed by atoms with van der Waals surface area (Å²) in [6, 6.07) is 16.3. The second-order valence-corrected chi connectivity index (χ2v) is 18.1. The first-order valence-electron chi connectivity index (χ1n) is 24.1. The molecule has 1 fully saturated rings. The number of benzene rings is 3. The highest BCUT2D eigenvalue weighted by atomic mass is 16.7. The van der Waals surface area contributed by atoms with Gasteiger partial charge in [-0.25, -0.2) is 0 Å². The summed E-state index contributed by atoms with van der Waals surface area (Å²) >= 11 is 0. The zero-order chi connectivity index (χ0) is 47.2. The molecule has 0 aliphatic carbocycles. The van der Waals surface area contributed by atoms with Crippen molar-refractivity contribution in [2.75, 3.05) is 87.7 Å². The Balaban J connectivity index is 1.18. The molecule has 1 amide bonds. The van der Waals surface area contributed by atoms with Crippen LogP contribution in [0.5, 0.6) is 23.0 Å². The summed E-state index contributed by atoms with van der Waals surface area (Å²) in [7, 11) is 6.70. The minimum absolute atomic E-state index is 0.0492. The quantitative estimate of drug-likeness (QED) is 0.0916. The molecule has 4 aliphatic heterocycles. The third-order valence-corrected chi connectivity index (χ3v) is 14.7. The predicted octanol–water partition coefficient (Wildman–Crippen LogP) is 7.89. The number of amides is 1. The van der Waals surface area contributed by atoms with Gasteiger partial charge in [0, 0.05) is 69.2 Å². The van der Waals surface area contributed by atoms with Gasteiger partial charge in [-0.05, 0) is 115 Å². The summed E-state index contributed by atoms with van der Waals surface area (Å²) in [6.45, 7) is 9.89. The molecule has 5 heterocycles. The van der Waals surface area contributed by atoms with E-state index >= 15 is 4.79 Å². The Morgan fingerprint density at radius 3 is 2.12 bits per heavy atom. The van der Waals surface area contributed by atoms with E-state index in [0.717, 1.165) is 77.9 Å². The minimum Gasteiger partial charge on any atom is -0.493 e. The molecule has 0 saturated carbocycles. The molecular formula is C53H69N3O11. The lowest BCUT2D eigenvalue weighted by Crippen LogP contribution is -2.48. The number of fused-ring (bicyclic) bond motifs is 5. The minimum atomic E-state index is -0.775. The van der Waals surface area contributed by atoms with Gasteiger partial charge in [-0.1, -0.05) is 31.5 Å². The SMILES string of the molecule is CCO[C@H]1OC(C(=O)N2CCc3cc(OC)c(OC)cc3[C@H]2C[C@H]2C[C@H]3c4cc(OC)c(OC)cc4CCN3C[C@@H]2CC)=C[C@@H](c2cn(C(C)=O)c3ccccc23)[C@H]1CCOCCOCCO. The smallest absolute Gasteiger partial charge is 0.289 e. The second kappa shape index (κ2) is 21.9. The lowest BCUT2D eigenvalue weighted by Gasteiger charge is -2.49. The normalized spacial score (nSPS) is 23.7. The van der Waals surface area contributed by atoms with Gasteiger partial charge in [-0.15, -0.1) is 0 Å². The average Bonchev–Trinajstić information content (AvgIpc) is 3.75. The van der Waals surface area contributed by atoms with Crippen LogP contribution in [0.15, 0.2) is 66.6 Å². The molecule has 1 saturated heterocycles. The van der Waals surface area contributed by atoms with Crippen molar-refractivity contribution in [3.8, 4) is 23.0 Å². The number of aliphatic hydroxyl groups excluding tert-OH is 1. The first kappa shape index (κ1) is 48.3. The predicted molar refractivity (Wildman–Crippen MR) is 254 cm³/mol. The Bertz CT molecular complexity index is 2400. The molecule has 8 rings (SSSR count). The number of aliphatic hydroxyl groups is 1. The van der Waals surface area contributed by atoms with Crippen LogP contribution in [0.2, 0.25) is 0 Å². The summed E-state index contributed by atoms with van der Waals surface area (Å²) in [5, 5.41) is 10.1. The van der Waals surface area contributed by atoms with Gasteiger partial charge in [0.05, 0.1) is 66.4 Å². The van der Waals surface area contributed by atoms with E-state index in [9.17, 15) is 4.79 Å². The van der Waals surface area contributed by atoms with Gasteiger partial charge in [0.15, 0.2) is 28.8 Å². The monoisotopic (exact) mass is 923 g/mol. The van der Waals surface area contributed by atoms with Gasteiger partial charge in [0.2, 0.25) is 12.2 Å². The van der Waals surface area contributed by atoms with Crippen molar-refractivity contribution < 1.29 is 52.6 Å². The van der Waals surface area contributed by atoms with Crippen LogP contribution in [0, 0.1) is 17.8 Å². The molecule has 14 heteroatoms. The van der Waals surface area contributed by atoms with E-state index in [-0.39, 0.29) is 60.6 Å². The molecular weight excluding hydrogens is 855 g/mol. The van der Waals surface area contributed by atoms with Crippen molar-refractivity contribution in [3.05, 3.63) is 94.4 Å². The topological polar surface area (TPSA) is 140 Å². The number of hydrogen-bond acceptors (Lipinski definition) is 12. The fourth-order valence-corrected chi connectivity index (χ4v) is 11.3. The van der Waals surface area contributed by atoms with Gasteiger partial charge >= 0.3 is 0 Å². The van der Waals surface area contributed by atoms with E-state index in [0.29, 0.717) is 63.2 Å². The zero-order valence-electron chi connectivity index (χ0n) is 40.3. The van der Waals surface area contributed by atoms with Crippen LogP contribution >= 0.6 is 0 Å². The van der Waals surface area contributed by atoms with Crippen LogP contribution in [-0.2, 0) is 36.6 Å². The van der Waals surface area contributed by atoms with E-state index in [4.69, 9.17) is 43.0 Å². The fourth-order valence-electron chi connectivity index (χ4n) is 11.3. The van der Waals surface area contributed by atoms with Crippen molar-refractivity contribution in [1.82, 2.24) is 14.4 Å². The number of carbonyl (C=O) groups excluding carboxylic acids is 2. The molecule has 0 spiro atoms. The molecule has 0 radical (unpaired) electrons. The van der Waals surface area contributed by atoms with Gasteiger partial charge < -0.3 is 47.9 Å². The second-order valence-electron chi connectivity index (χ2n) is 18.1. The van der Waals surface area contributed by atoms with Gasteiger partial charge in [0.25, 0.3) is 5.91 Å². The average molecular weight is 924 g/mol. The van der Waals surface area contributed by atoms with Crippen LogP contribution in [0.3, 0.4) is 0 Å². The molecule has 7 atom stereocenters. The maximum Gasteiger partial charge on any atom is 0.289 e. The van der Waals surface area contributed by atoms with Crippen LogP contribution < -0.4 is 18.9 Å². The standard InChI is InChI=1S/C53H69N3O11/c1-8-34-31-54-17-14-35-26-47(60-4)49(62-6)28-40(35)45(54)24-37(34)25-46-41-29-50(63-7)48(61-5)27-36(41)15-18-55(46)52(59)51-30-42(43-32-56(33(3)58)44-13-11-10-12-38(43)44)39(53(67-51)66-9-2)16-20-64-22-23-65-21-19-57/h10-13,26-30,32,34,37,39,42,45-46,53,57H,8-9,14-25,31H2,1-7H3/t34-,37+,39+,42+,45-,46+,53-/m0/s1. The summed E-state index contributed by atoms with van der Waals surface area (Å²) < 4.78 is 49.6. The Hall–Kier alpha value is -5.12. The van der Waals surface area contributed by atoms with Crippen LogP contribution in [0.25, 0.3) is 10.9 Å². The first-order valence-corrected chi connectivity index (χ1v) is 24.1. The van der Waals surface area contributed by atoms with E-state index < -0.39 is 6.29 Å². The number of aromatic nitrogens is 1. The summed E-state index contributed by atoms with van der Waals surface area (Å²) in [5.41, 5.74) is 6.50. The first-order chi connectivity index (χ1) is 32.7. The Kier molecular flexibility index (Phi) is 15.8. The molecule has 14 nitrogen and oxygen atoms in total. The van der Waals surface area contributed by atoms with E-state index in [1.165, 1.54) is 11.1 Å². The number of ether oxygens (including phenoxy) is 8. The van der Waals surface area contributed by atoms with E-state index in [1.807, 2.05) is 48.4 Å². The highest BCUT2D eigenvalue weighted by Gasteiger charge is 2.45. The van der Waals surface area contributed by atoms with E-state index in [2.05, 4.69) is 36.1 Å². The van der Waals surface area contributed by atoms with Crippen molar-refractivity contribution in [1.29, 1.82) is 0 Å². The molecule has 362 valence electrons. The number of allylic oxidation sites excluding steroid dienone is 1. The Labute approximate surface area is 395 Å². The largest absolute Gasteiger partial charge is 0.493 e. The number of para-hydroxylation sites is 1. The van der Waals surface area contributed by atoms with Crippen LogP contribution in [-0.4, -0.2) is 125 Å². The van der Waals surface area contributed by atoms with Gasteiger partial charge in [-0.3, -0.25) is 19.1 Å². The van der Waals surface area contributed by atoms with Crippen LogP contribution in [0.4, 0.5) is 0 Å². The maximum atomic E-state index is 15.6. The van der Waals surface area contributed by atoms with Crippen molar-refractivity contribution in [3.63, 3.8) is 0 Å². The molecule has 0 bridgehead atoms. The number of nitrogens with zero attached hydrogens (tertiary/aromatic N) is 3. The van der Waals surface area contributed by atoms with Gasteiger partial charge in [-0.2, -0.15) is 0 Å². The van der Waals surface area contributed by atoms with Crippen molar-refractivity contribution in [2.45, 2.75) is 83.6 Å². The molecule has 1 aromatic heterocycles. The summed E-state index contributed by atoms with van der Waals surface area (Å²) in [6.07, 6.45) is 7.94. The third kappa shape index (κ3) is 9.92. The van der Waals surface area contributed by atoms with Gasteiger partial charge in [0.1, 0.15) is 0 Å². The molecule has 0 unspecified atom stereocenters. The zero-order valence-corrected chi connectivity index (χ0v) is 40.3. The summed E-state index contributed by atoms with van der Waals surface area (Å²) in [4.78, 5) is 33.4. The lowest BCUT2D eigenvalue weighted by molar-refractivity contribution is -0.173. The number of piperidine rings is 1. The fraction of sp³-hybridized carbons (Fsp3) is 0.547. The van der Waals surface area contributed by atoms with E-state index in [1.54, 1.807) is 39.9 Å². The number of hydrogen-bond donors (Lipinski definition) is 1. The third-order valence-electron chi connectivity index (χ3n) is 14.7. The highest BCUT2D eigenvalue weighted by molar-refractivity contribution is 5.95. The molecule has 1 N–H and O–H groups in total. The molecule has 3 aromatic carbocycles. The van der Waals surface area contributed by atoms with Crippen molar-refractivity contribution in [2.24, 2.45) is 17.8 Å². The lowest BCUT2D eigenvalue weighted by atomic mass is 9.72. The molecule has 4 aromatic rings. The number of rotatable bonds is 19. The molecule has 67 heavy (non-hydrogen) atoms. The van der Waals surface area contributed by atoms with Crippen molar-refractivity contribution >= 4 is 22.7 Å². The van der Waals surface area contributed by atoms with Crippen LogP contribution in [0.1, 0.15) is 97.1 Å². The Morgan fingerprint density at radius 1 is 0.791 bits per heavy atom.